The van der Waals surface area contributed by atoms with E-state index in [9.17, 15) is 23.1 Å². The maximum Gasteiger partial charge on any atom is 0.398 e. The number of carbonyl (C=O) groups excluding carboxylic acids is 1. The Bertz CT molecular complexity index is 877. The molecular formula is C21H21F3NO3-. The molecular weight excluding hydrogens is 371 g/mol. The van der Waals surface area contributed by atoms with Crippen LogP contribution in [-0.4, -0.2) is 17.1 Å². The first-order valence-corrected chi connectivity index (χ1v) is 8.85. The van der Waals surface area contributed by atoms with Crippen molar-refractivity contribution in [2.75, 3.05) is 0 Å². The molecule has 0 bridgehead atoms. The molecule has 1 aliphatic carbocycles. The highest BCUT2D eigenvalue weighted by Crippen LogP contribution is 2.83. The first kappa shape index (κ1) is 20.2. The Morgan fingerprint density at radius 2 is 1.57 bits per heavy atom. The van der Waals surface area contributed by atoms with E-state index in [4.69, 9.17) is 4.74 Å². The Hall–Kier alpha value is -2.57. The van der Waals surface area contributed by atoms with Gasteiger partial charge >= 0.3 is 6.18 Å². The molecule has 1 atom stereocenters. The SMILES string of the molecule is CC1(C)C(C)(C)C1(C(=O)[O-])C(c1cccc(Oc2ccccc2)n1)C(F)(F)F. The molecule has 1 unspecified atom stereocenters. The first-order chi connectivity index (χ1) is 12.9. The number of nitrogens with zero attached hydrogens (tertiary/aromatic N) is 1. The van der Waals surface area contributed by atoms with Gasteiger partial charge < -0.3 is 14.6 Å². The van der Waals surface area contributed by atoms with E-state index in [2.05, 4.69) is 4.98 Å². The number of ether oxygens (including phenoxy) is 1. The third kappa shape index (κ3) is 2.67. The van der Waals surface area contributed by atoms with Gasteiger partial charge in [0, 0.05) is 17.5 Å². The van der Waals surface area contributed by atoms with E-state index in [0.717, 1.165) is 0 Å². The number of pyridine rings is 1. The van der Waals surface area contributed by atoms with E-state index in [1.54, 1.807) is 30.3 Å². The van der Waals surface area contributed by atoms with Gasteiger partial charge in [-0.05, 0) is 29.0 Å². The molecule has 28 heavy (non-hydrogen) atoms. The zero-order valence-corrected chi connectivity index (χ0v) is 16.0. The van der Waals surface area contributed by atoms with Crippen molar-refractivity contribution >= 4 is 5.97 Å². The largest absolute Gasteiger partial charge is 0.549 e. The van der Waals surface area contributed by atoms with Crippen LogP contribution in [0.1, 0.15) is 39.3 Å². The minimum atomic E-state index is -4.83. The van der Waals surface area contributed by atoms with Gasteiger partial charge in [0.15, 0.2) is 0 Å². The van der Waals surface area contributed by atoms with Crippen LogP contribution in [0.25, 0.3) is 0 Å². The van der Waals surface area contributed by atoms with Crippen molar-refractivity contribution in [3.05, 3.63) is 54.2 Å². The maximum absolute atomic E-state index is 14.2. The number of hydrogen-bond acceptors (Lipinski definition) is 4. The summed E-state index contributed by atoms with van der Waals surface area (Å²) in [6.07, 6.45) is -4.83. The molecule has 0 spiro atoms. The average molecular weight is 392 g/mol. The highest BCUT2D eigenvalue weighted by atomic mass is 19.4. The highest BCUT2D eigenvalue weighted by Gasteiger charge is 2.84. The van der Waals surface area contributed by atoms with Crippen LogP contribution in [0.5, 0.6) is 11.6 Å². The number of hydrogen-bond donors (Lipinski definition) is 0. The second-order valence-corrected chi connectivity index (χ2v) is 8.14. The minimum absolute atomic E-state index is 0.0392. The van der Waals surface area contributed by atoms with Crippen molar-refractivity contribution in [3.8, 4) is 11.6 Å². The standard InChI is InChI=1S/C21H22F3NO3/c1-18(2)19(3,4)20(18,17(26)27)16(21(22,23)24)14-11-8-12-15(25-14)28-13-9-6-5-7-10-13/h5-12,16H,1-4H3,(H,26,27)/p-1. The molecule has 3 rings (SSSR count). The lowest BCUT2D eigenvalue weighted by atomic mass is 9.77. The fourth-order valence-electron chi connectivity index (χ4n) is 4.60. The topological polar surface area (TPSA) is 62.2 Å². The van der Waals surface area contributed by atoms with E-state index >= 15 is 0 Å². The third-order valence-corrected chi connectivity index (χ3v) is 6.56. The summed E-state index contributed by atoms with van der Waals surface area (Å²) in [5.41, 5.74) is -4.83. The Balaban J connectivity index is 2.10. The van der Waals surface area contributed by atoms with Crippen LogP contribution in [0.4, 0.5) is 13.2 Å². The summed E-state index contributed by atoms with van der Waals surface area (Å²) in [6.45, 7) is 6.08. The number of alkyl halides is 3. The fraction of sp³-hybridized carbons (Fsp3) is 0.429. The molecule has 1 fully saturated rings. The molecule has 150 valence electrons. The molecule has 2 aromatic rings. The van der Waals surface area contributed by atoms with E-state index in [-0.39, 0.29) is 5.88 Å². The number of aliphatic carboxylic acids is 1. The molecule has 0 aliphatic heterocycles. The minimum Gasteiger partial charge on any atom is -0.549 e. The van der Waals surface area contributed by atoms with Crippen LogP contribution in [0, 0.1) is 16.2 Å². The monoisotopic (exact) mass is 392 g/mol. The fourth-order valence-corrected chi connectivity index (χ4v) is 4.60. The van der Waals surface area contributed by atoms with Crippen molar-refractivity contribution in [3.63, 3.8) is 0 Å². The molecule has 1 aliphatic rings. The van der Waals surface area contributed by atoms with Crippen molar-refractivity contribution in [1.82, 2.24) is 4.98 Å². The Morgan fingerprint density at radius 3 is 2.04 bits per heavy atom. The number of para-hydroxylation sites is 1. The van der Waals surface area contributed by atoms with Gasteiger partial charge in [-0.15, -0.1) is 0 Å². The summed E-state index contributed by atoms with van der Waals surface area (Å²) in [5, 5.41) is 12.1. The normalized spacial score (nSPS) is 20.2. The van der Waals surface area contributed by atoms with Crippen molar-refractivity contribution in [2.45, 2.75) is 39.8 Å². The summed E-state index contributed by atoms with van der Waals surface area (Å²) >= 11 is 0. The van der Waals surface area contributed by atoms with Crippen LogP contribution in [0.3, 0.4) is 0 Å². The van der Waals surface area contributed by atoms with Gasteiger partial charge in [0.05, 0.1) is 5.69 Å². The van der Waals surface area contributed by atoms with Gasteiger partial charge in [-0.1, -0.05) is 52.0 Å². The lowest BCUT2D eigenvalue weighted by Gasteiger charge is -2.34. The van der Waals surface area contributed by atoms with Crippen LogP contribution in [-0.2, 0) is 4.79 Å². The van der Waals surface area contributed by atoms with Gasteiger partial charge in [0.25, 0.3) is 0 Å². The van der Waals surface area contributed by atoms with Crippen molar-refractivity contribution in [2.24, 2.45) is 16.2 Å². The second kappa shape index (κ2) is 6.22. The van der Waals surface area contributed by atoms with Crippen molar-refractivity contribution in [1.29, 1.82) is 0 Å². The van der Waals surface area contributed by atoms with E-state index < -0.39 is 40.0 Å². The second-order valence-electron chi connectivity index (χ2n) is 8.14. The van der Waals surface area contributed by atoms with Crippen LogP contribution in [0.2, 0.25) is 0 Å². The Kier molecular flexibility index (Phi) is 4.48. The smallest absolute Gasteiger partial charge is 0.398 e. The zero-order chi connectivity index (χ0) is 21.0. The van der Waals surface area contributed by atoms with Crippen LogP contribution >= 0.6 is 0 Å². The quantitative estimate of drug-likeness (QED) is 0.760. The van der Waals surface area contributed by atoms with Crippen molar-refractivity contribution < 1.29 is 27.8 Å². The third-order valence-electron chi connectivity index (χ3n) is 6.56. The van der Waals surface area contributed by atoms with E-state index in [1.165, 1.54) is 45.9 Å². The molecule has 1 saturated carbocycles. The maximum atomic E-state index is 14.2. The van der Waals surface area contributed by atoms with Gasteiger partial charge in [-0.25, -0.2) is 4.98 Å². The number of carboxylic acid groups (broad SMARTS) is 1. The van der Waals surface area contributed by atoms with Gasteiger partial charge in [0.1, 0.15) is 11.7 Å². The predicted molar refractivity (Wildman–Crippen MR) is 94.6 cm³/mol. The summed E-state index contributed by atoms with van der Waals surface area (Å²) in [7, 11) is 0. The molecule has 0 N–H and O–H groups in total. The number of halogens is 3. The predicted octanol–water partition coefficient (Wildman–Crippen LogP) is 4.32. The van der Waals surface area contributed by atoms with E-state index in [1.807, 2.05) is 0 Å². The van der Waals surface area contributed by atoms with Gasteiger partial charge in [-0.2, -0.15) is 13.2 Å². The molecule has 0 amide bonds. The molecule has 1 aromatic heterocycles. The van der Waals surface area contributed by atoms with Crippen LogP contribution in [0.15, 0.2) is 48.5 Å². The molecule has 0 saturated heterocycles. The summed E-state index contributed by atoms with van der Waals surface area (Å²) in [4.78, 5) is 16.1. The average Bonchev–Trinajstić information content (AvgIpc) is 2.94. The van der Waals surface area contributed by atoms with Gasteiger partial charge in [-0.3, -0.25) is 0 Å². The number of benzene rings is 1. The lowest BCUT2D eigenvalue weighted by Crippen LogP contribution is -2.46. The molecule has 0 radical (unpaired) electrons. The zero-order valence-electron chi connectivity index (χ0n) is 16.0. The van der Waals surface area contributed by atoms with E-state index in [0.29, 0.717) is 5.75 Å². The summed E-state index contributed by atoms with van der Waals surface area (Å²) in [5.74, 6) is -3.67. The lowest BCUT2D eigenvalue weighted by molar-refractivity contribution is -0.322. The highest BCUT2D eigenvalue weighted by molar-refractivity contribution is 5.82. The summed E-state index contributed by atoms with van der Waals surface area (Å²) < 4.78 is 48.1. The first-order valence-electron chi connectivity index (χ1n) is 8.85. The molecule has 1 heterocycles. The van der Waals surface area contributed by atoms with Gasteiger partial charge in [0.2, 0.25) is 5.88 Å². The number of aromatic nitrogens is 1. The van der Waals surface area contributed by atoms with Crippen LogP contribution < -0.4 is 9.84 Å². The summed E-state index contributed by atoms with van der Waals surface area (Å²) in [6, 6.07) is 12.5. The number of rotatable bonds is 5. The Labute approximate surface area is 161 Å². The Morgan fingerprint density at radius 1 is 1.00 bits per heavy atom. The molecule has 1 aromatic carbocycles. The number of carbonyl (C=O) groups is 1. The molecule has 7 heteroatoms. The number of carboxylic acids is 1. The molecule has 4 nitrogen and oxygen atoms in total.